The molecule has 0 radical (unpaired) electrons. The normalized spacial score (nSPS) is 10.7. The van der Waals surface area contributed by atoms with Crippen molar-refractivity contribution < 1.29 is 9.90 Å². The van der Waals surface area contributed by atoms with E-state index in [1.165, 1.54) is 38.2 Å². The molecule has 1 N–H and O–H groups in total. The molecule has 0 aromatic rings. The van der Waals surface area contributed by atoms with Crippen molar-refractivity contribution in [3.05, 3.63) is 24.8 Å². The zero-order chi connectivity index (χ0) is 11.4. The lowest BCUT2D eigenvalue weighted by Gasteiger charge is -1.98. The summed E-state index contributed by atoms with van der Waals surface area (Å²) in [6.45, 7) is 3.69. The van der Waals surface area contributed by atoms with Crippen LogP contribution in [0.2, 0.25) is 0 Å². The number of hydrogen-bond donors (Lipinski definition) is 1. The Balaban J connectivity index is 3.05. The molecule has 0 atom stereocenters. The molecule has 0 amide bonds. The smallest absolute Gasteiger partial charge is 0.327 e. The van der Waals surface area contributed by atoms with Crippen molar-refractivity contribution in [1.29, 1.82) is 0 Å². The summed E-state index contributed by atoms with van der Waals surface area (Å²) in [6, 6.07) is 0. The molecular formula is C13H22O2. The molecule has 0 aliphatic carbocycles. The zero-order valence-electron chi connectivity index (χ0n) is 9.45. The minimum atomic E-state index is -0.848. The Labute approximate surface area is 92.7 Å². The number of carboxylic acid groups (broad SMARTS) is 1. The van der Waals surface area contributed by atoms with E-state index in [2.05, 4.69) is 6.58 Å². The second kappa shape index (κ2) is 11.0. The zero-order valence-corrected chi connectivity index (χ0v) is 9.45. The molecular weight excluding hydrogens is 188 g/mol. The highest BCUT2D eigenvalue weighted by molar-refractivity contribution is 5.79. The van der Waals surface area contributed by atoms with Gasteiger partial charge in [0, 0.05) is 6.08 Å². The van der Waals surface area contributed by atoms with Crippen LogP contribution in [-0.4, -0.2) is 11.1 Å². The molecule has 0 rings (SSSR count). The Morgan fingerprint density at radius 2 is 1.53 bits per heavy atom. The standard InChI is InChI=1S/C13H22O2/c1-2-3-4-5-6-7-8-9-10-11-12-13(14)15/h2,11-12H,1,3-10H2,(H,14,15). The van der Waals surface area contributed by atoms with Gasteiger partial charge in [-0.05, 0) is 25.7 Å². The number of aliphatic carboxylic acids is 1. The number of rotatable bonds is 10. The number of hydrogen-bond acceptors (Lipinski definition) is 1. The second-order valence-electron chi connectivity index (χ2n) is 3.73. The minimum absolute atomic E-state index is 0.848. The molecule has 86 valence electrons. The quantitative estimate of drug-likeness (QED) is 0.337. The molecule has 15 heavy (non-hydrogen) atoms. The molecule has 0 aromatic carbocycles. The van der Waals surface area contributed by atoms with E-state index in [1.807, 2.05) is 6.08 Å². The fraction of sp³-hybridized carbons (Fsp3) is 0.615. The van der Waals surface area contributed by atoms with Crippen molar-refractivity contribution in [1.82, 2.24) is 0 Å². The molecule has 0 bridgehead atoms. The fourth-order valence-corrected chi connectivity index (χ4v) is 1.44. The summed E-state index contributed by atoms with van der Waals surface area (Å²) in [5, 5.41) is 8.34. The van der Waals surface area contributed by atoms with Gasteiger partial charge in [-0.25, -0.2) is 4.79 Å². The molecule has 0 aliphatic rings. The van der Waals surface area contributed by atoms with Gasteiger partial charge in [-0.15, -0.1) is 6.58 Å². The summed E-state index contributed by atoms with van der Waals surface area (Å²) in [5.74, 6) is -0.848. The Bertz CT molecular complexity index is 195. The van der Waals surface area contributed by atoms with Crippen molar-refractivity contribution in [2.75, 3.05) is 0 Å². The first-order chi connectivity index (χ1) is 7.27. The number of carboxylic acids is 1. The lowest BCUT2D eigenvalue weighted by molar-refractivity contribution is -0.131. The largest absolute Gasteiger partial charge is 0.478 e. The average molecular weight is 210 g/mol. The maximum atomic E-state index is 10.1. The van der Waals surface area contributed by atoms with Crippen LogP contribution < -0.4 is 0 Å². The highest BCUT2D eigenvalue weighted by Crippen LogP contribution is 2.08. The molecule has 0 fully saturated rings. The lowest BCUT2D eigenvalue weighted by Crippen LogP contribution is -1.85. The van der Waals surface area contributed by atoms with Gasteiger partial charge in [0.1, 0.15) is 0 Å². The van der Waals surface area contributed by atoms with Gasteiger partial charge in [-0.3, -0.25) is 0 Å². The van der Waals surface area contributed by atoms with Crippen molar-refractivity contribution in [3.63, 3.8) is 0 Å². The van der Waals surface area contributed by atoms with Gasteiger partial charge < -0.3 is 5.11 Å². The monoisotopic (exact) mass is 210 g/mol. The van der Waals surface area contributed by atoms with Crippen LogP contribution in [0.25, 0.3) is 0 Å². The summed E-state index contributed by atoms with van der Waals surface area (Å²) in [7, 11) is 0. The maximum absolute atomic E-state index is 10.1. The van der Waals surface area contributed by atoms with Crippen molar-refractivity contribution in [2.24, 2.45) is 0 Å². The molecule has 0 saturated heterocycles. The third-order valence-electron chi connectivity index (χ3n) is 2.29. The maximum Gasteiger partial charge on any atom is 0.327 e. The first-order valence-corrected chi connectivity index (χ1v) is 5.77. The van der Waals surface area contributed by atoms with Gasteiger partial charge in [0.2, 0.25) is 0 Å². The van der Waals surface area contributed by atoms with E-state index in [0.717, 1.165) is 19.3 Å². The van der Waals surface area contributed by atoms with E-state index in [-0.39, 0.29) is 0 Å². The summed E-state index contributed by atoms with van der Waals surface area (Å²) < 4.78 is 0. The summed E-state index contributed by atoms with van der Waals surface area (Å²) >= 11 is 0. The van der Waals surface area contributed by atoms with Crippen LogP contribution in [0.1, 0.15) is 51.4 Å². The van der Waals surface area contributed by atoms with E-state index in [0.29, 0.717) is 0 Å². The number of allylic oxidation sites excluding steroid dienone is 2. The molecule has 0 saturated carbocycles. The fourth-order valence-electron chi connectivity index (χ4n) is 1.44. The van der Waals surface area contributed by atoms with Crippen molar-refractivity contribution in [3.8, 4) is 0 Å². The van der Waals surface area contributed by atoms with Gasteiger partial charge >= 0.3 is 5.97 Å². The van der Waals surface area contributed by atoms with Crippen LogP contribution in [-0.2, 0) is 4.79 Å². The van der Waals surface area contributed by atoms with Crippen LogP contribution in [0, 0.1) is 0 Å². The van der Waals surface area contributed by atoms with E-state index in [9.17, 15) is 4.79 Å². The third-order valence-corrected chi connectivity index (χ3v) is 2.29. The number of carbonyl (C=O) groups is 1. The van der Waals surface area contributed by atoms with Crippen LogP contribution in [0.4, 0.5) is 0 Å². The van der Waals surface area contributed by atoms with E-state index in [4.69, 9.17) is 5.11 Å². The molecule has 2 heteroatoms. The topological polar surface area (TPSA) is 37.3 Å². The van der Waals surface area contributed by atoms with Gasteiger partial charge in [0.25, 0.3) is 0 Å². The molecule has 0 spiro atoms. The second-order valence-corrected chi connectivity index (χ2v) is 3.73. The number of unbranched alkanes of at least 4 members (excludes halogenated alkanes) is 7. The summed E-state index contributed by atoms with van der Waals surface area (Å²) in [5.41, 5.74) is 0. The van der Waals surface area contributed by atoms with Gasteiger partial charge in [-0.2, -0.15) is 0 Å². The van der Waals surface area contributed by atoms with E-state index < -0.39 is 5.97 Å². The Morgan fingerprint density at radius 3 is 2.07 bits per heavy atom. The van der Waals surface area contributed by atoms with E-state index >= 15 is 0 Å². The summed E-state index contributed by atoms with van der Waals surface area (Å²) in [6.07, 6.45) is 14.3. The molecule has 0 aromatic heterocycles. The highest BCUT2D eigenvalue weighted by Gasteiger charge is 1.90. The highest BCUT2D eigenvalue weighted by atomic mass is 16.4. The van der Waals surface area contributed by atoms with Gasteiger partial charge in [0.15, 0.2) is 0 Å². The minimum Gasteiger partial charge on any atom is -0.478 e. The van der Waals surface area contributed by atoms with Gasteiger partial charge in [0.05, 0.1) is 0 Å². The average Bonchev–Trinajstić information content (AvgIpc) is 2.20. The Morgan fingerprint density at radius 1 is 1.00 bits per heavy atom. The molecule has 0 aliphatic heterocycles. The molecule has 0 heterocycles. The van der Waals surface area contributed by atoms with Crippen LogP contribution in [0.5, 0.6) is 0 Å². The van der Waals surface area contributed by atoms with Gasteiger partial charge in [-0.1, -0.05) is 37.8 Å². The Hall–Kier alpha value is -1.05. The lowest BCUT2D eigenvalue weighted by atomic mass is 10.1. The molecule has 0 unspecified atom stereocenters. The SMILES string of the molecule is C=CCCCCCCCCC=CC(=O)O. The first-order valence-electron chi connectivity index (χ1n) is 5.77. The van der Waals surface area contributed by atoms with Crippen molar-refractivity contribution >= 4 is 5.97 Å². The predicted molar refractivity (Wildman–Crippen MR) is 63.9 cm³/mol. The Kier molecular flexibility index (Phi) is 10.3. The van der Waals surface area contributed by atoms with E-state index in [1.54, 1.807) is 6.08 Å². The third kappa shape index (κ3) is 12.9. The summed E-state index contributed by atoms with van der Waals surface area (Å²) in [4.78, 5) is 10.1. The predicted octanol–water partition coefficient (Wildman–Crippen LogP) is 3.93. The van der Waals surface area contributed by atoms with Crippen LogP contribution in [0.15, 0.2) is 24.8 Å². The van der Waals surface area contributed by atoms with Crippen LogP contribution >= 0.6 is 0 Å². The first kappa shape index (κ1) is 13.9. The van der Waals surface area contributed by atoms with Crippen LogP contribution in [0.3, 0.4) is 0 Å². The molecule has 2 nitrogen and oxygen atoms in total. The van der Waals surface area contributed by atoms with Crippen molar-refractivity contribution in [2.45, 2.75) is 51.4 Å².